The molecule has 0 saturated heterocycles. The minimum absolute atomic E-state index is 0. The van der Waals surface area contributed by atoms with E-state index in [4.69, 9.17) is 19.2 Å². The van der Waals surface area contributed by atoms with Gasteiger partial charge in [0.1, 0.15) is 0 Å². The fourth-order valence-corrected chi connectivity index (χ4v) is 0. The van der Waals surface area contributed by atoms with Gasteiger partial charge in [-0.25, -0.2) is 0 Å². The minimum Gasteiger partial charge on any atom is -2.00 e. The van der Waals surface area contributed by atoms with Crippen molar-refractivity contribution in [1.29, 1.82) is 0 Å². The Balaban J connectivity index is -0.000000000212. The second-order valence-electron chi connectivity index (χ2n) is 0.500. The summed E-state index contributed by atoms with van der Waals surface area (Å²) in [6, 6.07) is 0. The molecule has 0 aromatic heterocycles. The van der Waals surface area contributed by atoms with Gasteiger partial charge in [0.15, 0.2) is 0 Å². The van der Waals surface area contributed by atoms with Crippen molar-refractivity contribution in [3.05, 3.63) is 0 Å². The summed E-state index contributed by atoms with van der Waals surface area (Å²) in [5.41, 5.74) is 0. The van der Waals surface area contributed by atoms with Crippen molar-refractivity contribution in [3.63, 3.8) is 0 Å². The Morgan fingerprint density at radius 1 is 0.182 bits per heavy atom. The van der Waals surface area contributed by atoms with Crippen LogP contribution in [0.2, 0.25) is 0 Å². The maximum Gasteiger partial charge on any atom is 3.00 e. The summed E-state index contributed by atoms with van der Waals surface area (Å²) >= 11 is 0. The van der Waals surface area contributed by atoms with Crippen LogP contribution in [0.4, 0.5) is 0 Å². The van der Waals surface area contributed by atoms with Crippen molar-refractivity contribution >= 4 is 323 Å². The molecule has 0 unspecified atom stereocenters. The van der Waals surface area contributed by atoms with Crippen LogP contribution >= 0.6 is 0 Å². The molecule has 0 aliphatic rings. The van der Waals surface area contributed by atoms with Gasteiger partial charge in [-0.05, 0) is 0 Å². The van der Waals surface area contributed by atoms with Crippen molar-refractivity contribution in [1.82, 2.24) is 0 Å². The maximum atomic E-state index is 8.58. The Morgan fingerprint density at radius 2 is 0.182 bits per heavy atom. The zero-order valence-electron chi connectivity index (χ0n) is 14.0. The van der Waals surface area contributed by atoms with Crippen LogP contribution in [0.5, 0.6) is 0 Å². The molecule has 0 N–H and O–H groups in total. The van der Waals surface area contributed by atoms with Gasteiger partial charge in [0.2, 0.25) is 0 Å². The third-order valence-corrected chi connectivity index (χ3v) is 0. The zero-order valence-corrected chi connectivity index (χ0v) is 56.8. The van der Waals surface area contributed by atoms with Gasteiger partial charge in [-0.3, -0.25) is 0 Å². The quantitative estimate of drug-likeness (QED) is 0.213. The molecule has 0 aromatic carbocycles. The van der Waals surface area contributed by atoms with Crippen LogP contribution in [0.15, 0.2) is 0 Å². The van der Waals surface area contributed by atoms with Gasteiger partial charge in [0.25, 0.3) is 0 Å². The Hall–Kier alpha value is 10.0. The first-order valence-electron chi connectivity index (χ1n) is 0.816. The molecule has 0 aliphatic heterocycles. The van der Waals surface area contributed by atoms with Gasteiger partial charge in [0, 0.05) is 0 Å². The van der Waals surface area contributed by atoms with E-state index in [-0.39, 0.29) is 402 Å². The first-order valence-corrected chi connectivity index (χ1v) is 2.45. The Kier molecular flexibility index (Phi) is 3230. The summed E-state index contributed by atoms with van der Waals surface area (Å²) in [7, 11) is -5.61. The Labute approximate surface area is 420 Å². The summed E-state index contributed by atoms with van der Waals surface area (Å²) in [6.45, 7) is 0. The standard InChI is InChI=1S/12Bi.O4Si.16O/c;;;;;;;;;;;;1-5(2,3)4;;;;;;;;;;;;;;;;/q12*+3;-4;16*-2. The molecule has 24 radical (unpaired) electrons. The molecule has 20 nitrogen and oxygen atoms in total. The molecule has 0 aliphatic carbocycles. The number of rotatable bonds is 0. The van der Waals surface area contributed by atoms with E-state index >= 15 is 0 Å². The summed E-state index contributed by atoms with van der Waals surface area (Å²) in [6.07, 6.45) is 0. The zero-order chi connectivity index (χ0) is 4.50. The molecule has 0 amide bonds. The van der Waals surface area contributed by atoms with Crippen LogP contribution in [-0.4, -0.2) is 323 Å². The molecule has 33 heteroatoms. The molecular formula is Bi12O20Si. The van der Waals surface area contributed by atoms with Gasteiger partial charge in [-0.15, -0.1) is 0 Å². The van der Waals surface area contributed by atoms with E-state index in [9.17, 15) is 0 Å². The van der Waals surface area contributed by atoms with Crippen LogP contribution in [0.25, 0.3) is 0 Å². The molecule has 0 saturated carbocycles. The van der Waals surface area contributed by atoms with Crippen molar-refractivity contribution in [2.45, 2.75) is 0 Å². The molecule has 0 rings (SSSR count). The SMILES string of the molecule is [Bi+3].[Bi+3].[Bi+3].[Bi+3].[Bi+3].[Bi+3].[Bi+3].[Bi+3].[Bi+3].[Bi+3].[Bi+3].[Bi+3].[O-2].[O-2].[O-2].[O-2].[O-2].[O-2].[O-2].[O-2].[O-2].[O-2].[O-2].[O-2].[O-2].[O-2].[O-2].[O-2].[O-][Si]([O-])([O-])[O-]. The van der Waals surface area contributed by atoms with Crippen molar-refractivity contribution in [3.8, 4) is 0 Å². The van der Waals surface area contributed by atoms with Crippen molar-refractivity contribution in [2.24, 2.45) is 0 Å². The minimum atomic E-state index is -5.61. The summed E-state index contributed by atoms with van der Waals surface area (Å²) in [4.78, 5) is 34.3. The Bertz CT molecular complexity index is 52.5. The molecule has 184 valence electrons. The van der Waals surface area contributed by atoms with Crippen LogP contribution in [-0.2, 0) is 87.6 Å². The van der Waals surface area contributed by atoms with Gasteiger partial charge >= 0.3 is 314 Å². The van der Waals surface area contributed by atoms with Gasteiger partial charge < -0.3 is 116 Å². The van der Waals surface area contributed by atoms with E-state index in [0.717, 1.165) is 0 Å². The molecule has 0 aromatic rings. The number of hydrogen-bond donors (Lipinski definition) is 0. The van der Waals surface area contributed by atoms with Gasteiger partial charge in [-0.2, -0.15) is 0 Å². The maximum absolute atomic E-state index is 8.58. The molecule has 0 spiro atoms. The van der Waals surface area contributed by atoms with Crippen molar-refractivity contribution in [2.75, 3.05) is 0 Å². The average molecular weight is 2860 g/mol. The summed E-state index contributed by atoms with van der Waals surface area (Å²) < 4.78 is 0. The molecular weight excluding hydrogens is 2860 g/mol. The van der Waals surface area contributed by atoms with E-state index in [2.05, 4.69) is 0 Å². The van der Waals surface area contributed by atoms with E-state index in [1.54, 1.807) is 0 Å². The third kappa shape index (κ3) is 671. The second kappa shape index (κ2) is 276. The molecule has 0 atom stereocenters. The summed E-state index contributed by atoms with van der Waals surface area (Å²) in [5, 5.41) is 0. The molecule has 0 bridgehead atoms. The average Bonchev–Trinajstić information content (AvgIpc) is 0.722. The van der Waals surface area contributed by atoms with Crippen LogP contribution in [0, 0.1) is 0 Å². The first kappa shape index (κ1) is 387. The fraction of sp³-hybridized carbons (Fsp3) is 0. The van der Waals surface area contributed by atoms with E-state index in [1.807, 2.05) is 0 Å². The third-order valence-electron chi connectivity index (χ3n) is 0. The Morgan fingerprint density at radius 3 is 0.182 bits per heavy atom. The molecule has 0 fully saturated rings. The normalized spacial score (nSPS) is 1.82. The van der Waals surface area contributed by atoms with Gasteiger partial charge in [0.05, 0.1) is 0 Å². The first-order chi connectivity index (χ1) is 2.00. The van der Waals surface area contributed by atoms with Crippen molar-refractivity contribution < 1.29 is 107 Å². The van der Waals surface area contributed by atoms with Crippen LogP contribution in [0.3, 0.4) is 0 Å². The topological polar surface area (TPSA) is 548 Å². The number of hydrogen-bond acceptors (Lipinski definition) is 4. The van der Waals surface area contributed by atoms with E-state index < -0.39 is 9.05 Å². The largest absolute Gasteiger partial charge is 3.00 e. The van der Waals surface area contributed by atoms with E-state index in [1.165, 1.54) is 0 Å². The van der Waals surface area contributed by atoms with Crippen LogP contribution in [0.1, 0.15) is 0 Å². The molecule has 33 heavy (non-hydrogen) atoms. The monoisotopic (exact) mass is 2860 g/mol. The molecule has 0 heterocycles. The van der Waals surface area contributed by atoms with E-state index in [0.29, 0.717) is 0 Å². The van der Waals surface area contributed by atoms with Crippen LogP contribution < -0.4 is 19.2 Å². The fourth-order valence-electron chi connectivity index (χ4n) is 0. The summed E-state index contributed by atoms with van der Waals surface area (Å²) in [5.74, 6) is 0. The second-order valence-corrected chi connectivity index (χ2v) is 1.50. The smallest absolute Gasteiger partial charge is 2.00 e. The predicted molar refractivity (Wildman–Crippen MR) is 85.8 cm³/mol. The van der Waals surface area contributed by atoms with Gasteiger partial charge in [-0.1, -0.05) is 0 Å². The predicted octanol–water partition coefficient (Wildman–Crippen LogP) is -11.6.